The fourth-order valence-electron chi connectivity index (χ4n) is 2.76. The number of carbonyl (C=O) groups excluding carboxylic acids is 1. The third kappa shape index (κ3) is 4.28. The minimum Gasteiger partial charge on any atom is -0.389 e. The standard InChI is InChI=1S/C15H21FN2O2/c1-18(11-15(20)7-2-3-8-15)10-14(19)17-13-6-4-5-12(16)9-13/h4-6,9,20H,2-3,7-8,10-11H2,1H3,(H,17,19). The lowest BCUT2D eigenvalue weighted by Crippen LogP contribution is -2.42. The topological polar surface area (TPSA) is 52.6 Å². The maximum atomic E-state index is 13.0. The summed E-state index contributed by atoms with van der Waals surface area (Å²) >= 11 is 0. The van der Waals surface area contributed by atoms with E-state index in [1.165, 1.54) is 12.1 Å². The van der Waals surface area contributed by atoms with Gasteiger partial charge in [0.25, 0.3) is 0 Å². The molecule has 4 nitrogen and oxygen atoms in total. The molecule has 0 atom stereocenters. The molecule has 1 amide bonds. The molecule has 2 rings (SSSR count). The molecule has 1 aromatic carbocycles. The Kier molecular flexibility index (Phi) is 4.73. The summed E-state index contributed by atoms with van der Waals surface area (Å²) in [5, 5.41) is 12.9. The molecule has 0 unspecified atom stereocenters. The van der Waals surface area contributed by atoms with Crippen LogP contribution in [-0.4, -0.2) is 41.7 Å². The van der Waals surface area contributed by atoms with E-state index in [2.05, 4.69) is 5.32 Å². The quantitative estimate of drug-likeness (QED) is 0.867. The summed E-state index contributed by atoms with van der Waals surface area (Å²) in [5.74, 6) is -0.587. The van der Waals surface area contributed by atoms with E-state index in [0.29, 0.717) is 12.2 Å². The summed E-state index contributed by atoms with van der Waals surface area (Å²) in [6, 6.07) is 5.81. The molecule has 1 aliphatic rings. The molecule has 20 heavy (non-hydrogen) atoms. The van der Waals surface area contributed by atoms with Gasteiger partial charge >= 0.3 is 0 Å². The number of halogens is 1. The Balaban J connectivity index is 1.82. The highest BCUT2D eigenvalue weighted by Gasteiger charge is 2.32. The second-order valence-electron chi connectivity index (χ2n) is 5.66. The molecule has 0 heterocycles. The van der Waals surface area contributed by atoms with E-state index in [1.54, 1.807) is 24.1 Å². The van der Waals surface area contributed by atoms with Crippen LogP contribution in [0.3, 0.4) is 0 Å². The van der Waals surface area contributed by atoms with E-state index in [4.69, 9.17) is 0 Å². The molecule has 2 N–H and O–H groups in total. The first-order chi connectivity index (χ1) is 9.47. The van der Waals surface area contributed by atoms with Crippen molar-refractivity contribution in [2.24, 2.45) is 0 Å². The van der Waals surface area contributed by atoms with Gasteiger partial charge in [0.15, 0.2) is 0 Å². The monoisotopic (exact) mass is 280 g/mol. The molecule has 1 aromatic rings. The average molecular weight is 280 g/mol. The fraction of sp³-hybridized carbons (Fsp3) is 0.533. The normalized spacial score (nSPS) is 17.4. The summed E-state index contributed by atoms with van der Waals surface area (Å²) in [6.07, 6.45) is 3.67. The molecule has 0 bridgehead atoms. The number of likely N-dealkylation sites (N-methyl/N-ethyl adjacent to an activating group) is 1. The first-order valence-corrected chi connectivity index (χ1v) is 6.93. The Morgan fingerprint density at radius 3 is 2.80 bits per heavy atom. The number of nitrogens with zero attached hydrogens (tertiary/aromatic N) is 1. The van der Waals surface area contributed by atoms with Gasteiger partial charge in [0.1, 0.15) is 5.82 Å². The highest BCUT2D eigenvalue weighted by Crippen LogP contribution is 2.29. The van der Waals surface area contributed by atoms with Crippen LogP contribution in [0.2, 0.25) is 0 Å². The number of hydrogen-bond acceptors (Lipinski definition) is 3. The zero-order valence-electron chi connectivity index (χ0n) is 11.7. The van der Waals surface area contributed by atoms with E-state index in [1.807, 2.05) is 0 Å². The van der Waals surface area contributed by atoms with Crippen molar-refractivity contribution in [2.45, 2.75) is 31.3 Å². The second-order valence-corrected chi connectivity index (χ2v) is 5.66. The fourth-order valence-corrected chi connectivity index (χ4v) is 2.76. The highest BCUT2D eigenvalue weighted by atomic mass is 19.1. The van der Waals surface area contributed by atoms with Crippen LogP contribution in [0.1, 0.15) is 25.7 Å². The lowest BCUT2D eigenvalue weighted by molar-refractivity contribution is -0.117. The van der Waals surface area contributed by atoms with Gasteiger partial charge in [-0.15, -0.1) is 0 Å². The molecule has 0 radical (unpaired) electrons. The van der Waals surface area contributed by atoms with Crippen molar-refractivity contribution in [2.75, 3.05) is 25.5 Å². The van der Waals surface area contributed by atoms with Crippen LogP contribution in [0.15, 0.2) is 24.3 Å². The summed E-state index contributed by atoms with van der Waals surface area (Å²) in [5.41, 5.74) is -0.212. The van der Waals surface area contributed by atoms with Crippen LogP contribution in [0.5, 0.6) is 0 Å². The van der Waals surface area contributed by atoms with Gasteiger partial charge in [-0.05, 0) is 38.1 Å². The van der Waals surface area contributed by atoms with Crippen molar-refractivity contribution in [1.82, 2.24) is 4.90 Å². The summed E-state index contributed by atoms with van der Waals surface area (Å²) in [4.78, 5) is 13.7. The molecule has 5 heteroatoms. The van der Waals surface area contributed by atoms with Crippen molar-refractivity contribution in [3.63, 3.8) is 0 Å². The van der Waals surface area contributed by atoms with Crippen LogP contribution in [0, 0.1) is 5.82 Å². The third-order valence-corrected chi connectivity index (χ3v) is 3.62. The van der Waals surface area contributed by atoms with Gasteiger partial charge in [-0.1, -0.05) is 18.9 Å². The van der Waals surface area contributed by atoms with E-state index in [0.717, 1.165) is 25.7 Å². The van der Waals surface area contributed by atoms with Crippen LogP contribution < -0.4 is 5.32 Å². The molecule has 110 valence electrons. The smallest absolute Gasteiger partial charge is 0.238 e. The number of amides is 1. The Bertz CT molecular complexity index is 473. The lowest BCUT2D eigenvalue weighted by atomic mass is 10.0. The third-order valence-electron chi connectivity index (χ3n) is 3.62. The van der Waals surface area contributed by atoms with Crippen LogP contribution in [0.4, 0.5) is 10.1 Å². The van der Waals surface area contributed by atoms with Gasteiger partial charge in [-0.3, -0.25) is 9.69 Å². The number of benzene rings is 1. The maximum absolute atomic E-state index is 13.0. The van der Waals surface area contributed by atoms with Crippen molar-refractivity contribution in [1.29, 1.82) is 0 Å². The van der Waals surface area contributed by atoms with Gasteiger partial charge in [0.05, 0.1) is 12.1 Å². The number of nitrogens with one attached hydrogen (secondary N) is 1. The zero-order valence-corrected chi connectivity index (χ0v) is 11.7. The van der Waals surface area contributed by atoms with Gasteiger partial charge in [-0.2, -0.15) is 0 Å². The lowest BCUT2D eigenvalue weighted by Gasteiger charge is -2.28. The van der Waals surface area contributed by atoms with Crippen molar-refractivity contribution in [3.05, 3.63) is 30.1 Å². The minimum absolute atomic E-state index is 0.179. The predicted octanol–water partition coefficient (Wildman–Crippen LogP) is 2.00. The molecule has 1 aliphatic carbocycles. The second kappa shape index (κ2) is 6.33. The van der Waals surface area contributed by atoms with E-state index in [-0.39, 0.29) is 18.3 Å². The number of rotatable bonds is 5. The van der Waals surface area contributed by atoms with E-state index in [9.17, 15) is 14.3 Å². The average Bonchev–Trinajstić information content (AvgIpc) is 2.74. The first-order valence-electron chi connectivity index (χ1n) is 6.93. The molecule has 1 saturated carbocycles. The van der Waals surface area contributed by atoms with Gasteiger partial charge in [0.2, 0.25) is 5.91 Å². The summed E-state index contributed by atoms with van der Waals surface area (Å²) in [7, 11) is 1.81. The number of hydrogen-bond donors (Lipinski definition) is 2. The maximum Gasteiger partial charge on any atom is 0.238 e. The molecular formula is C15H21FN2O2. The Hall–Kier alpha value is -1.46. The van der Waals surface area contributed by atoms with Crippen LogP contribution in [-0.2, 0) is 4.79 Å². The summed E-state index contributed by atoms with van der Waals surface area (Å²) in [6.45, 7) is 0.669. The molecule has 1 fully saturated rings. The van der Waals surface area contributed by atoms with Crippen molar-refractivity contribution >= 4 is 11.6 Å². The largest absolute Gasteiger partial charge is 0.389 e. The van der Waals surface area contributed by atoms with Gasteiger partial charge in [0, 0.05) is 12.2 Å². The minimum atomic E-state index is -0.659. The molecule has 0 saturated heterocycles. The molecule has 0 aliphatic heterocycles. The Labute approximate surface area is 118 Å². The number of aliphatic hydroxyl groups is 1. The zero-order chi connectivity index (χ0) is 14.6. The summed E-state index contributed by atoms with van der Waals surface area (Å²) < 4.78 is 13.0. The van der Waals surface area contributed by atoms with Gasteiger partial charge in [-0.25, -0.2) is 4.39 Å². The molecule has 0 aromatic heterocycles. The Morgan fingerprint density at radius 1 is 1.45 bits per heavy atom. The Morgan fingerprint density at radius 2 is 2.15 bits per heavy atom. The van der Waals surface area contributed by atoms with E-state index < -0.39 is 5.60 Å². The molecular weight excluding hydrogens is 259 g/mol. The molecule has 0 spiro atoms. The predicted molar refractivity (Wildman–Crippen MR) is 75.9 cm³/mol. The van der Waals surface area contributed by atoms with Crippen LogP contribution >= 0.6 is 0 Å². The SMILES string of the molecule is CN(CC(=O)Nc1cccc(F)c1)CC1(O)CCCC1. The highest BCUT2D eigenvalue weighted by molar-refractivity contribution is 5.92. The first kappa shape index (κ1) is 14.9. The van der Waals surface area contributed by atoms with Crippen molar-refractivity contribution < 1.29 is 14.3 Å². The number of carbonyl (C=O) groups is 1. The van der Waals surface area contributed by atoms with E-state index >= 15 is 0 Å². The van der Waals surface area contributed by atoms with Crippen LogP contribution in [0.25, 0.3) is 0 Å². The van der Waals surface area contributed by atoms with Gasteiger partial charge < -0.3 is 10.4 Å². The van der Waals surface area contributed by atoms with Crippen molar-refractivity contribution in [3.8, 4) is 0 Å². The number of anilines is 1.